The van der Waals surface area contributed by atoms with Crippen LogP contribution < -0.4 is 9.62 Å². The molecular formula is C35H37ClFN3O4S. The van der Waals surface area contributed by atoms with Gasteiger partial charge in [0.15, 0.2) is 0 Å². The lowest BCUT2D eigenvalue weighted by molar-refractivity contribution is -0.140. The minimum Gasteiger partial charge on any atom is -0.354 e. The summed E-state index contributed by atoms with van der Waals surface area (Å²) in [5.41, 5.74) is 1.94. The zero-order valence-electron chi connectivity index (χ0n) is 25.3. The van der Waals surface area contributed by atoms with E-state index >= 15 is 4.39 Å². The van der Waals surface area contributed by atoms with Crippen molar-refractivity contribution in [3.63, 3.8) is 0 Å². The molecule has 0 saturated carbocycles. The van der Waals surface area contributed by atoms with Crippen molar-refractivity contribution in [2.45, 2.75) is 50.6 Å². The number of carbonyl (C=O) groups excluding carboxylic acids is 2. The Balaban J connectivity index is 1.80. The second-order valence-electron chi connectivity index (χ2n) is 10.7. The minimum atomic E-state index is -4.41. The molecule has 0 spiro atoms. The standard InChI is InChI=1S/C35H37ClFN3O4S/c1-3-4-22-38-35(42)33(23-27-12-6-5-7-13-27)39(24-28-14-8-9-15-30(28)36)34(41)25-40(32-17-11-10-16-31(32)37)45(43,44)29-20-18-26(2)19-21-29/h5-21,33H,3-4,22-25H2,1-2H3,(H,38,42). The smallest absolute Gasteiger partial charge is 0.264 e. The maximum Gasteiger partial charge on any atom is 0.264 e. The van der Waals surface area contributed by atoms with Crippen LogP contribution in [0.15, 0.2) is 108 Å². The molecule has 4 aromatic carbocycles. The molecule has 0 aromatic heterocycles. The highest BCUT2D eigenvalue weighted by molar-refractivity contribution is 7.92. The normalized spacial score (nSPS) is 11.9. The van der Waals surface area contributed by atoms with E-state index < -0.39 is 34.3 Å². The molecule has 0 saturated heterocycles. The van der Waals surface area contributed by atoms with Crippen LogP contribution in [0.3, 0.4) is 0 Å². The number of halogens is 2. The summed E-state index contributed by atoms with van der Waals surface area (Å²) in [6.45, 7) is 3.41. The van der Waals surface area contributed by atoms with Crippen molar-refractivity contribution in [1.82, 2.24) is 10.2 Å². The molecule has 45 heavy (non-hydrogen) atoms. The number of sulfonamides is 1. The van der Waals surface area contributed by atoms with Crippen molar-refractivity contribution in [2.24, 2.45) is 0 Å². The van der Waals surface area contributed by atoms with Crippen LogP contribution in [0.2, 0.25) is 5.02 Å². The summed E-state index contributed by atoms with van der Waals surface area (Å²) in [5, 5.41) is 3.32. The largest absolute Gasteiger partial charge is 0.354 e. The number of aryl methyl sites for hydroxylation is 1. The number of carbonyl (C=O) groups is 2. The average Bonchev–Trinajstić information content (AvgIpc) is 3.03. The van der Waals surface area contributed by atoms with Gasteiger partial charge in [-0.1, -0.05) is 103 Å². The number of anilines is 1. The summed E-state index contributed by atoms with van der Waals surface area (Å²) < 4.78 is 44.1. The first-order valence-corrected chi connectivity index (χ1v) is 16.6. The molecule has 4 aromatic rings. The molecule has 0 bridgehead atoms. The van der Waals surface area contributed by atoms with Gasteiger partial charge in [-0.25, -0.2) is 12.8 Å². The summed E-state index contributed by atoms with van der Waals surface area (Å²) in [6, 6.07) is 26.7. The van der Waals surface area contributed by atoms with Crippen LogP contribution in [-0.2, 0) is 32.6 Å². The second kappa shape index (κ2) is 15.7. The number of nitrogens with zero attached hydrogens (tertiary/aromatic N) is 2. The Hall–Kier alpha value is -4.21. The fourth-order valence-corrected chi connectivity index (χ4v) is 6.49. The Kier molecular flexibility index (Phi) is 11.7. The van der Waals surface area contributed by atoms with Crippen LogP contribution >= 0.6 is 11.6 Å². The summed E-state index contributed by atoms with van der Waals surface area (Å²) in [5.74, 6) is -1.89. The van der Waals surface area contributed by atoms with Gasteiger partial charge in [-0.05, 0) is 54.8 Å². The topological polar surface area (TPSA) is 86.8 Å². The van der Waals surface area contributed by atoms with Crippen molar-refractivity contribution in [3.05, 3.63) is 131 Å². The Morgan fingerprint density at radius 1 is 0.889 bits per heavy atom. The molecular weight excluding hydrogens is 613 g/mol. The molecule has 236 valence electrons. The lowest BCUT2D eigenvalue weighted by atomic mass is 10.0. The van der Waals surface area contributed by atoms with Gasteiger partial charge >= 0.3 is 0 Å². The van der Waals surface area contributed by atoms with Crippen molar-refractivity contribution < 1.29 is 22.4 Å². The highest BCUT2D eigenvalue weighted by Gasteiger charge is 2.35. The first-order valence-electron chi connectivity index (χ1n) is 14.8. The predicted octanol–water partition coefficient (Wildman–Crippen LogP) is 6.54. The third kappa shape index (κ3) is 8.71. The summed E-state index contributed by atoms with van der Waals surface area (Å²) in [6.07, 6.45) is 1.78. The molecule has 0 aliphatic heterocycles. The molecule has 0 aliphatic rings. The molecule has 7 nitrogen and oxygen atoms in total. The third-order valence-electron chi connectivity index (χ3n) is 7.41. The van der Waals surface area contributed by atoms with E-state index in [1.165, 1.54) is 35.2 Å². The van der Waals surface area contributed by atoms with Gasteiger partial charge in [-0.3, -0.25) is 13.9 Å². The molecule has 0 fully saturated rings. The fourth-order valence-electron chi connectivity index (χ4n) is 4.88. The van der Waals surface area contributed by atoms with Crippen LogP contribution in [0.5, 0.6) is 0 Å². The molecule has 0 heterocycles. The molecule has 0 radical (unpaired) electrons. The maximum atomic E-state index is 15.2. The highest BCUT2D eigenvalue weighted by Crippen LogP contribution is 2.28. The molecule has 0 aliphatic carbocycles. The zero-order chi connectivity index (χ0) is 32.4. The van der Waals surface area contributed by atoms with Crippen LogP contribution in [0, 0.1) is 12.7 Å². The first kappa shape index (κ1) is 33.7. The maximum absolute atomic E-state index is 15.2. The lowest BCUT2D eigenvalue weighted by Crippen LogP contribution is -2.53. The first-order chi connectivity index (χ1) is 21.6. The lowest BCUT2D eigenvalue weighted by Gasteiger charge is -2.34. The number of nitrogens with one attached hydrogen (secondary N) is 1. The molecule has 1 atom stereocenters. The number of amides is 2. The van der Waals surface area contributed by atoms with E-state index in [0.717, 1.165) is 34.3 Å². The fraction of sp³-hybridized carbons (Fsp3) is 0.257. The van der Waals surface area contributed by atoms with Crippen LogP contribution in [0.1, 0.15) is 36.5 Å². The monoisotopic (exact) mass is 649 g/mol. The Labute approximate surface area is 269 Å². The quantitative estimate of drug-likeness (QED) is 0.157. The third-order valence-corrected chi connectivity index (χ3v) is 9.55. The Bertz CT molecular complexity index is 1700. The number of rotatable bonds is 14. The summed E-state index contributed by atoms with van der Waals surface area (Å²) >= 11 is 6.51. The zero-order valence-corrected chi connectivity index (χ0v) is 26.9. The molecule has 10 heteroatoms. The van der Waals surface area contributed by atoms with Crippen molar-refractivity contribution >= 4 is 39.1 Å². The van der Waals surface area contributed by atoms with E-state index in [2.05, 4.69) is 5.32 Å². The summed E-state index contributed by atoms with van der Waals surface area (Å²) in [7, 11) is -4.41. The number of hydrogen-bond acceptors (Lipinski definition) is 4. The number of benzene rings is 4. The Morgan fingerprint density at radius 2 is 1.53 bits per heavy atom. The van der Waals surface area contributed by atoms with Crippen LogP contribution in [-0.4, -0.2) is 44.3 Å². The van der Waals surface area contributed by atoms with Gasteiger partial charge in [0.1, 0.15) is 18.4 Å². The van der Waals surface area contributed by atoms with Gasteiger partial charge in [0.05, 0.1) is 10.6 Å². The van der Waals surface area contributed by atoms with E-state index in [0.29, 0.717) is 17.1 Å². The molecule has 1 N–H and O–H groups in total. The van der Waals surface area contributed by atoms with Crippen LogP contribution in [0.25, 0.3) is 0 Å². The van der Waals surface area contributed by atoms with E-state index in [1.807, 2.05) is 44.2 Å². The van der Waals surface area contributed by atoms with E-state index in [-0.39, 0.29) is 29.5 Å². The van der Waals surface area contributed by atoms with Gasteiger partial charge in [-0.15, -0.1) is 0 Å². The molecule has 2 amide bonds. The van der Waals surface area contributed by atoms with Gasteiger partial charge < -0.3 is 10.2 Å². The van der Waals surface area contributed by atoms with Gasteiger partial charge in [0.2, 0.25) is 11.8 Å². The highest BCUT2D eigenvalue weighted by atomic mass is 35.5. The average molecular weight is 650 g/mol. The van der Waals surface area contributed by atoms with Crippen molar-refractivity contribution in [1.29, 1.82) is 0 Å². The van der Waals surface area contributed by atoms with Gasteiger partial charge in [0.25, 0.3) is 10.0 Å². The minimum absolute atomic E-state index is 0.0765. The number of para-hydroxylation sites is 1. The van der Waals surface area contributed by atoms with Gasteiger partial charge in [0, 0.05) is 24.5 Å². The van der Waals surface area contributed by atoms with Crippen LogP contribution in [0.4, 0.5) is 10.1 Å². The Morgan fingerprint density at radius 3 is 2.20 bits per heavy atom. The molecule has 4 rings (SSSR count). The SMILES string of the molecule is CCCCNC(=O)C(Cc1ccccc1)N(Cc1ccccc1Cl)C(=O)CN(c1ccccc1F)S(=O)(=O)c1ccc(C)cc1. The van der Waals surface area contributed by atoms with E-state index in [4.69, 9.17) is 11.6 Å². The predicted molar refractivity (Wildman–Crippen MR) is 176 cm³/mol. The van der Waals surface area contributed by atoms with E-state index in [1.54, 1.807) is 36.4 Å². The van der Waals surface area contributed by atoms with Crippen molar-refractivity contribution in [2.75, 3.05) is 17.4 Å². The summed E-state index contributed by atoms with van der Waals surface area (Å²) in [4.78, 5) is 29.4. The molecule has 1 unspecified atom stereocenters. The number of hydrogen-bond donors (Lipinski definition) is 1. The van der Waals surface area contributed by atoms with Crippen molar-refractivity contribution in [3.8, 4) is 0 Å². The second-order valence-corrected chi connectivity index (χ2v) is 13.0. The van der Waals surface area contributed by atoms with Gasteiger partial charge in [-0.2, -0.15) is 0 Å². The van der Waals surface area contributed by atoms with E-state index in [9.17, 15) is 18.0 Å². The number of unbranched alkanes of at least 4 members (excludes halogenated alkanes) is 1.